The van der Waals surface area contributed by atoms with Crippen molar-refractivity contribution in [1.82, 2.24) is 29.7 Å². The fourth-order valence-corrected chi connectivity index (χ4v) is 2.84. The van der Waals surface area contributed by atoms with Crippen LogP contribution in [0.3, 0.4) is 0 Å². The van der Waals surface area contributed by atoms with Crippen molar-refractivity contribution in [3.63, 3.8) is 0 Å². The van der Waals surface area contributed by atoms with Gasteiger partial charge in [-0.3, -0.25) is 9.48 Å². The Morgan fingerprint density at radius 1 is 1.11 bits per heavy atom. The topological polar surface area (TPSA) is 77.1 Å². The Bertz CT molecular complexity index is 989. The van der Waals surface area contributed by atoms with Gasteiger partial charge in [0.25, 0.3) is 5.91 Å². The summed E-state index contributed by atoms with van der Waals surface area (Å²) in [6.07, 6.45) is -3.96. The van der Waals surface area contributed by atoms with E-state index in [2.05, 4.69) is 20.5 Å². The molecule has 0 saturated carbocycles. The average molecular weight is 380 g/mol. The highest BCUT2D eigenvalue weighted by molar-refractivity contribution is 5.93. The molecule has 0 saturated heterocycles. The van der Waals surface area contributed by atoms with Crippen LogP contribution in [0.15, 0.2) is 18.2 Å². The number of nitrogens with one attached hydrogen (secondary N) is 1. The van der Waals surface area contributed by atoms with Crippen molar-refractivity contribution >= 4 is 11.6 Å². The second-order valence-corrected chi connectivity index (χ2v) is 6.34. The van der Waals surface area contributed by atoms with Gasteiger partial charge in [-0.15, -0.1) is 0 Å². The minimum absolute atomic E-state index is 0.0184. The van der Waals surface area contributed by atoms with Gasteiger partial charge in [-0.25, -0.2) is 9.50 Å². The van der Waals surface area contributed by atoms with Crippen molar-refractivity contribution in [2.45, 2.75) is 39.9 Å². The third kappa shape index (κ3) is 4.09. The number of hydrogen-bond donors (Lipinski definition) is 1. The van der Waals surface area contributed by atoms with Crippen molar-refractivity contribution in [1.29, 1.82) is 0 Å². The standard InChI is InChI=1S/C17H19F3N6O/c1-10-8-14(17(18,19)20)26-15(22-10)9-13(24-26)16(27)21-5-4-6-25-12(3)7-11(2)23-25/h7-9H,4-6H2,1-3H3,(H,21,27). The molecule has 0 atom stereocenters. The monoisotopic (exact) mass is 380 g/mol. The van der Waals surface area contributed by atoms with Gasteiger partial charge in [0.1, 0.15) is 5.69 Å². The zero-order valence-electron chi connectivity index (χ0n) is 15.1. The minimum Gasteiger partial charge on any atom is -0.351 e. The largest absolute Gasteiger partial charge is 0.433 e. The molecule has 3 aromatic heterocycles. The summed E-state index contributed by atoms with van der Waals surface area (Å²) in [5.74, 6) is -0.542. The van der Waals surface area contributed by atoms with Crippen LogP contribution in [0.1, 0.15) is 39.7 Å². The van der Waals surface area contributed by atoms with Gasteiger partial charge in [-0.2, -0.15) is 23.4 Å². The van der Waals surface area contributed by atoms with Gasteiger partial charge in [-0.1, -0.05) is 0 Å². The Morgan fingerprint density at radius 3 is 2.48 bits per heavy atom. The van der Waals surface area contributed by atoms with Crippen LogP contribution in [0.25, 0.3) is 5.65 Å². The van der Waals surface area contributed by atoms with Crippen LogP contribution in [0, 0.1) is 20.8 Å². The molecule has 0 bridgehead atoms. The Hall–Kier alpha value is -2.91. The molecule has 1 amide bonds. The van der Waals surface area contributed by atoms with E-state index in [1.54, 1.807) is 0 Å². The first kappa shape index (κ1) is 18.9. The fourth-order valence-electron chi connectivity index (χ4n) is 2.84. The molecule has 0 aromatic carbocycles. The maximum absolute atomic E-state index is 13.2. The van der Waals surface area contributed by atoms with E-state index >= 15 is 0 Å². The van der Waals surface area contributed by atoms with Gasteiger partial charge in [-0.05, 0) is 39.3 Å². The number of rotatable bonds is 5. The number of alkyl halides is 3. The molecule has 10 heteroatoms. The Kier molecular flexibility index (Phi) is 4.90. The zero-order valence-corrected chi connectivity index (χ0v) is 15.1. The number of carbonyl (C=O) groups excluding carboxylic acids is 1. The zero-order chi connectivity index (χ0) is 19.8. The summed E-state index contributed by atoms with van der Waals surface area (Å²) in [6, 6.07) is 4.11. The number of amides is 1. The van der Waals surface area contributed by atoms with E-state index in [0.29, 0.717) is 24.0 Å². The number of aromatic nitrogens is 5. The van der Waals surface area contributed by atoms with Gasteiger partial charge in [0, 0.05) is 30.5 Å². The predicted octanol–water partition coefficient (Wildman–Crippen LogP) is 2.69. The molecule has 3 rings (SSSR count). The number of fused-ring (bicyclic) bond motifs is 1. The summed E-state index contributed by atoms with van der Waals surface area (Å²) in [5.41, 5.74) is 1.06. The third-order valence-corrected chi connectivity index (χ3v) is 4.01. The average Bonchev–Trinajstić information content (AvgIpc) is 3.12. The van der Waals surface area contributed by atoms with E-state index in [1.807, 2.05) is 24.6 Å². The van der Waals surface area contributed by atoms with Crippen molar-refractivity contribution in [2.75, 3.05) is 6.54 Å². The van der Waals surface area contributed by atoms with Gasteiger partial charge >= 0.3 is 6.18 Å². The van der Waals surface area contributed by atoms with Crippen LogP contribution in [0.5, 0.6) is 0 Å². The van der Waals surface area contributed by atoms with Gasteiger partial charge in [0.05, 0.1) is 5.69 Å². The molecular formula is C17H19F3N6O. The van der Waals surface area contributed by atoms with Gasteiger partial charge in [0.2, 0.25) is 0 Å². The first-order valence-electron chi connectivity index (χ1n) is 8.39. The van der Waals surface area contributed by atoms with Gasteiger partial charge in [0.15, 0.2) is 11.3 Å². The van der Waals surface area contributed by atoms with E-state index in [4.69, 9.17) is 0 Å². The lowest BCUT2D eigenvalue weighted by molar-refractivity contribution is -0.142. The van der Waals surface area contributed by atoms with Crippen LogP contribution in [-0.4, -0.2) is 36.8 Å². The Balaban J connectivity index is 1.68. The second-order valence-electron chi connectivity index (χ2n) is 6.34. The molecule has 0 aliphatic heterocycles. The lowest BCUT2D eigenvalue weighted by Gasteiger charge is -2.09. The highest BCUT2D eigenvalue weighted by atomic mass is 19.4. The number of aryl methyl sites for hydroxylation is 4. The summed E-state index contributed by atoms with van der Waals surface area (Å²) in [5, 5.41) is 10.8. The highest BCUT2D eigenvalue weighted by Gasteiger charge is 2.35. The SMILES string of the molecule is Cc1cc(C(F)(F)F)n2nc(C(=O)NCCCn3nc(C)cc3C)cc2n1. The number of nitrogens with zero attached hydrogens (tertiary/aromatic N) is 5. The summed E-state index contributed by atoms with van der Waals surface area (Å²) >= 11 is 0. The molecule has 0 unspecified atom stereocenters. The fraction of sp³-hybridized carbons (Fsp3) is 0.412. The molecule has 3 heterocycles. The van der Waals surface area contributed by atoms with Crippen LogP contribution in [0.4, 0.5) is 13.2 Å². The summed E-state index contributed by atoms with van der Waals surface area (Å²) in [6.45, 7) is 6.29. The molecule has 144 valence electrons. The molecule has 0 fully saturated rings. The molecule has 0 aliphatic rings. The molecule has 0 radical (unpaired) electrons. The van der Waals surface area contributed by atoms with Crippen LogP contribution < -0.4 is 5.32 Å². The number of carbonyl (C=O) groups is 1. The van der Waals surface area contributed by atoms with Gasteiger partial charge < -0.3 is 5.32 Å². The maximum atomic E-state index is 13.2. The molecule has 7 nitrogen and oxygen atoms in total. The molecule has 27 heavy (non-hydrogen) atoms. The molecule has 3 aromatic rings. The van der Waals surface area contributed by atoms with Crippen molar-refractivity contribution in [3.05, 3.63) is 46.7 Å². The van der Waals surface area contributed by atoms with E-state index in [9.17, 15) is 18.0 Å². The first-order valence-corrected chi connectivity index (χ1v) is 8.39. The third-order valence-electron chi connectivity index (χ3n) is 4.01. The van der Waals surface area contributed by atoms with Crippen molar-refractivity contribution in [3.8, 4) is 0 Å². The minimum atomic E-state index is -4.59. The summed E-state index contributed by atoms with van der Waals surface area (Å²) in [7, 11) is 0. The molecule has 1 N–H and O–H groups in total. The predicted molar refractivity (Wildman–Crippen MR) is 91.4 cm³/mol. The summed E-state index contributed by atoms with van der Waals surface area (Å²) in [4.78, 5) is 16.2. The lowest BCUT2D eigenvalue weighted by Crippen LogP contribution is -2.26. The lowest BCUT2D eigenvalue weighted by atomic mass is 10.3. The van der Waals surface area contributed by atoms with Crippen LogP contribution in [0.2, 0.25) is 0 Å². The molecule has 0 aliphatic carbocycles. The van der Waals surface area contributed by atoms with Crippen molar-refractivity contribution in [2.24, 2.45) is 0 Å². The Labute approximate surface area is 153 Å². The van der Waals surface area contributed by atoms with E-state index < -0.39 is 17.8 Å². The smallest absolute Gasteiger partial charge is 0.351 e. The molecular weight excluding hydrogens is 361 g/mol. The van der Waals surface area contributed by atoms with Crippen LogP contribution in [-0.2, 0) is 12.7 Å². The Morgan fingerprint density at radius 2 is 1.85 bits per heavy atom. The van der Waals surface area contributed by atoms with E-state index in [-0.39, 0.29) is 17.0 Å². The summed E-state index contributed by atoms with van der Waals surface area (Å²) < 4.78 is 42.0. The highest BCUT2D eigenvalue weighted by Crippen LogP contribution is 2.29. The molecule has 0 spiro atoms. The van der Waals surface area contributed by atoms with Crippen molar-refractivity contribution < 1.29 is 18.0 Å². The van der Waals surface area contributed by atoms with E-state index in [1.165, 1.54) is 13.0 Å². The first-order chi connectivity index (χ1) is 12.6. The van der Waals surface area contributed by atoms with Crippen LogP contribution >= 0.6 is 0 Å². The maximum Gasteiger partial charge on any atom is 0.433 e. The quantitative estimate of drug-likeness (QED) is 0.691. The number of hydrogen-bond acceptors (Lipinski definition) is 4. The second kappa shape index (κ2) is 7.01. The number of halogens is 3. The normalized spacial score (nSPS) is 11.9. The van der Waals surface area contributed by atoms with E-state index in [0.717, 1.165) is 17.5 Å².